The summed E-state index contributed by atoms with van der Waals surface area (Å²) in [7, 11) is 0. The number of carboxylic acid groups (broad SMARTS) is 1. The van der Waals surface area contributed by atoms with Crippen molar-refractivity contribution in [2.24, 2.45) is 0 Å². The van der Waals surface area contributed by atoms with Crippen LogP contribution in [0.4, 0.5) is 13.2 Å². The molecule has 0 heterocycles. The fourth-order valence-electron chi connectivity index (χ4n) is 4.93. The summed E-state index contributed by atoms with van der Waals surface area (Å²) < 4.78 is 46.5. The SMILES string of the molecule is C[C@H](CCN(Cc1cccc(C(F)(F)F)c1)CC(c1ccccc1)c1ccccc1)Oc1cccc(CC(=O)O)c1. The molecule has 1 atom stereocenters. The van der Waals surface area contributed by atoms with E-state index in [1.807, 2.05) is 43.3 Å². The van der Waals surface area contributed by atoms with Gasteiger partial charge >= 0.3 is 12.1 Å². The van der Waals surface area contributed by atoms with Gasteiger partial charge in [-0.05, 0) is 53.8 Å². The highest BCUT2D eigenvalue weighted by molar-refractivity contribution is 5.70. The molecule has 0 saturated carbocycles. The lowest BCUT2D eigenvalue weighted by atomic mass is 9.90. The molecule has 0 aliphatic carbocycles. The highest BCUT2D eigenvalue weighted by Crippen LogP contribution is 2.31. The molecule has 0 aliphatic heterocycles. The Morgan fingerprint density at radius 3 is 2.05 bits per heavy atom. The Labute approximate surface area is 239 Å². The lowest BCUT2D eigenvalue weighted by molar-refractivity contribution is -0.138. The third kappa shape index (κ3) is 9.22. The summed E-state index contributed by atoms with van der Waals surface area (Å²) in [4.78, 5) is 13.3. The molecule has 0 saturated heterocycles. The second kappa shape index (κ2) is 14.0. The van der Waals surface area contributed by atoms with E-state index in [1.165, 1.54) is 12.1 Å². The van der Waals surface area contributed by atoms with Crippen LogP contribution >= 0.6 is 0 Å². The highest BCUT2D eigenvalue weighted by atomic mass is 19.4. The topological polar surface area (TPSA) is 49.8 Å². The molecule has 0 bridgehead atoms. The lowest BCUT2D eigenvalue weighted by Crippen LogP contribution is -2.32. The van der Waals surface area contributed by atoms with Crippen LogP contribution in [0.15, 0.2) is 109 Å². The lowest BCUT2D eigenvalue weighted by Gasteiger charge is -2.30. The molecule has 0 unspecified atom stereocenters. The zero-order chi connectivity index (χ0) is 29.2. The first-order valence-corrected chi connectivity index (χ1v) is 13.6. The fraction of sp³-hybridized carbons (Fsp3) is 0.265. The van der Waals surface area contributed by atoms with Crippen molar-refractivity contribution in [1.82, 2.24) is 4.90 Å². The Morgan fingerprint density at radius 2 is 1.44 bits per heavy atom. The van der Waals surface area contributed by atoms with Crippen molar-refractivity contribution >= 4 is 5.97 Å². The summed E-state index contributed by atoms with van der Waals surface area (Å²) in [6.45, 7) is 3.48. The molecular formula is C34H34F3NO3. The van der Waals surface area contributed by atoms with Gasteiger partial charge in [-0.3, -0.25) is 9.69 Å². The maximum absolute atomic E-state index is 13.5. The predicted molar refractivity (Wildman–Crippen MR) is 154 cm³/mol. The minimum atomic E-state index is -4.41. The molecule has 7 heteroatoms. The second-order valence-electron chi connectivity index (χ2n) is 10.2. The second-order valence-corrected chi connectivity index (χ2v) is 10.2. The number of carboxylic acids is 1. The van der Waals surface area contributed by atoms with Crippen LogP contribution in [-0.2, 0) is 23.9 Å². The molecular weight excluding hydrogens is 527 g/mol. The van der Waals surface area contributed by atoms with Gasteiger partial charge in [-0.15, -0.1) is 0 Å². The first-order valence-electron chi connectivity index (χ1n) is 13.6. The minimum Gasteiger partial charge on any atom is -0.491 e. The van der Waals surface area contributed by atoms with Gasteiger partial charge in [0.15, 0.2) is 0 Å². The van der Waals surface area contributed by atoms with Crippen LogP contribution < -0.4 is 4.74 Å². The van der Waals surface area contributed by atoms with E-state index in [0.29, 0.717) is 42.9 Å². The van der Waals surface area contributed by atoms with E-state index >= 15 is 0 Å². The van der Waals surface area contributed by atoms with Gasteiger partial charge in [0.25, 0.3) is 0 Å². The molecule has 1 N–H and O–H groups in total. The molecule has 0 radical (unpaired) electrons. The summed E-state index contributed by atoms with van der Waals surface area (Å²) >= 11 is 0. The number of rotatable bonds is 13. The van der Waals surface area contributed by atoms with Crippen LogP contribution in [-0.4, -0.2) is 35.2 Å². The Hall–Kier alpha value is -4.10. The van der Waals surface area contributed by atoms with Crippen LogP contribution in [0.3, 0.4) is 0 Å². The van der Waals surface area contributed by atoms with Gasteiger partial charge < -0.3 is 9.84 Å². The number of nitrogens with zero attached hydrogens (tertiary/aromatic N) is 1. The van der Waals surface area contributed by atoms with Crippen LogP contribution in [0.25, 0.3) is 0 Å². The zero-order valence-electron chi connectivity index (χ0n) is 22.9. The molecule has 0 amide bonds. The number of hydrogen-bond acceptors (Lipinski definition) is 3. The quantitative estimate of drug-likeness (QED) is 0.181. The number of hydrogen-bond donors (Lipinski definition) is 1. The first kappa shape index (κ1) is 29.9. The molecule has 0 spiro atoms. The number of benzene rings is 4. The number of ether oxygens (including phenoxy) is 1. The molecule has 214 valence electrons. The van der Waals surface area contributed by atoms with Gasteiger partial charge in [0.05, 0.1) is 18.1 Å². The van der Waals surface area contributed by atoms with Crippen LogP contribution in [0, 0.1) is 0 Å². The fourth-order valence-corrected chi connectivity index (χ4v) is 4.93. The number of aliphatic carboxylic acids is 1. The normalized spacial score (nSPS) is 12.4. The third-order valence-electron chi connectivity index (χ3n) is 6.95. The molecule has 41 heavy (non-hydrogen) atoms. The monoisotopic (exact) mass is 561 g/mol. The summed E-state index contributed by atoms with van der Waals surface area (Å²) in [6.07, 6.45) is -4.07. The predicted octanol–water partition coefficient (Wildman–Crippen LogP) is 7.82. The largest absolute Gasteiger partial charge is 0.491 e. The molecule has 0 aliphatic rings. The van der Waals surface area contributed by atoms with E-state index in [2.05, 4.69) is 29.2 Å². The average molecular weight is 562 g/mol. The van der Waals surface area contributed by atoms with Crippen LogP contribution in [0.1, 0.15) is 47.1 Å². The molecule has 4 aromatic carbocycles. The standard InChI is InChI=1S/C34H34F3NO3/c1-25(41-31-17-9-10-26(21-31)22-33(39)40)18-19-38(23-27-11-8-16-30(20-27)34(35,36)37)24-32(28-12-4-2-5-13-28)29-14-6-3-7-15-29/h2-17,20-21,25,32H,18-19,22-24H2,1H3,(H,39,40)/t25-/m1/s1. The van der Waals surface area contributed by atoms with Crippen molar-refractivity contribution in [1.29, 1.82) is 0 Å². The van der Waals surface area contributed by atoms with E-state index < -0.39 is 17.7 Å². The number of carbonyl (C=O) groups is 1. The minimum absolute atomic E-state index is 0.0205. The van der Waals surface area contributed by atoms with Crippen molar-refractivity contribution in [2.75, 3.05) is 13.1 Å². The third-order valence-corrected chi connectivity index (χ3v) is 6.95. The Morgan fingerprint density at radius 1 is 0.829 bits per heavy atom. The van der Waals surface area contributed by atoms with E-state index in [4.69, 9.17) is 9.84 Å². The van der Waals surface area contributed by atoms with Gasteiger partial charge in [0.2, 0.25) is 0 Å². The number of halogens is 3. The molecule has 0 fully saturated rings. The summed E-state index contributed by atoms with van der Waals surface area (Å²) in [5.41, 5.74) is 2.85. The van der Waals surface area contributed by atoms with Crippen LogP contribution in [0.2, 0.25) is 0 Å². The van der Waals surface area contributed by atoms with Crippen molar-refractivity contribution in [3.8, 4) is 5.75 Å². The van der Waals surface area contributed by atoms with Crippen LogP contribution in [0.5, 0.6) is 5.75 Å². The van der Waals surface area contributed by atoms with Gasteiger partial charge in [-0.1, -0.05) is 91.0 Å². The van der Waals surface area contributed by atoms with Crippen molar-refractivity contribution in [3.63, 3.8) is 0 Å². The molecule has 4 aromatic rings. The Kier molecular flexibility index (Phi) is 10.2. The maximum atomic E-state index is 13.5. The summed E-state index contributed by atoms with van der Waals surface area (Å²) in [5, 5.41) is 9.10. The van der Waals surface area contributed by atoms with Crippen molar-refractivity contribution < 1.29 is 27.8 Å². The summed E-state index contributed by atoms with van der Waals surface area (Å²) in [5.74, 6) is -0.300. The van der Waals surface area contributed by atoms with E-state index in [-0.39, 0.29) is 18.4 Å². The summed E-state index contributed by atoms with van der Waals surface area (Å²) in [6, 6.07) is 32.8. The average Bonchev–Trinajstić information content (AvgIpc) is 2.95. The molecule has 4 rings (SSSR count). The Balaban J connectivity index is 1.55. The van der Waals surface area contributed by atoms with Crippen molar-refractivity contribution in [3.05, 3.63) is 137 Å². The van der Waals surface area contributed by atoms with Crippen molar-refractivity contribution in [2.45, 2.75) is 44.5 Å². The van der Waals surface area contributed by atoms with E-state index in [1.54, 1.807) is 30.3 Å². The number of alkyl halides is 3. The maximum Gasteiger partial charge on any atom is 0.416 e. The highest BCUT2D eigenvalue weighted by Gasteiger charge is 2.30. The molecule has 4 nitrogen and oxygen atoms in total. The van der Waals surface area contributed by atoms with Gasteiger partial charge in [0, 0.05) is 25.6 Å². The zero-order valence-corrected chi connectivity index (χ0v) is 22.9. The van der Waals surface area contributed by atoms with E-state index in [9.17, 15) is 18.0 Å². The smallest absolute Gasteiger partial charge is 0.416 e. The Bertz CT molecular complexity index is 1350. The molecule has 0 aromatic heterocycles. The van der Waals surface area contributed by atoms with E-state index in [0.717, 1.165) is 17.2 Å². The first-order chi connectivity index (χ1) is 19.7. The van der Waals surface area contributed by atoms with Gasteiger partial charge in [0.1, 0.15) is 5.75 Å². The van der Waals surface area contributed by atoms with Gasteiger partial charge in [-0.2, -0.15) is 13.2 Å². The van der Waals surface area contributed by atoms with Gasteiger partial charge in [-0.25, -0.2) is 0 Å².